The van der Waals surface area contributed by atoms with Crippen LogP contribution in [0.5, 0.6) is 0 Å². The zero-order chi connectivity index (χ0) is 12.6. The van der Waals surface area contributed by atoms with Crippen LogP contribution in [0, 0.1) is 23.7 Å². The van der Waals surface area contributed by atoms with Gasteiger partial charge in [0.15, 0.2) is 0 Å². The Morgan fingerprint density at radius 1 is 1.06 bits per heavy atom. The first-order chi connectivity index (χ1) is 8.00. The minimum Gasteiger partial charge on any atom is -0.275 e. The number of carbonyl (C=O) groups is 2. The molecule has 1 fully saturated rings. The van der Waals surface area contributed by atoms with E-state index in [1.54, 1.807) is 0 Å². The van der Waals surface area contributed by atoms with E-state index in [2.05, 4.69) is 20.8 Å². The van der Waals surface area contributed by atoms with Crippen LogP contribution in [0.3, 0.4) is 0 Å². The molecule has 0 aromatic heterocycles. The fourth-order valence-electron chi connectivity index (χ4n) is 3.11. The van der Waals surface area contributed by atoms with E-state index in [-0.39, 0.29) is 11.8 Å². The van der Waals surface area contributed by atoms with Crippen molar-refractivity contribution >= 4 is 11.8 Å². The van der Waals surface area contributed by atoms with Crippen LogP contribution >= 0.6 is 0 Å². The summed E-state index contributed by atoms with van der Waals surface area (Å²) >= 11 is 0. The lowest BCUT2D eigenvalue weighted by molar-refractivity contribution is -0.138. The Balaban J connectivity index is 2.06. The summed E-state index contributed by atoms with van der Waals surface area (Å²) in [7, 11) is 0. The van der Waals surface area contributed by atoms with E-state index in [4.69, 9.17) is 0 Å². The average molecular weight is 235 g/mol. The van der Waals surface area contributed by atoms with Crippen LogP contribution < -0.4 is 0 Å². The second-order valence-electron chi connectivity index (χ2n) is 5.68. The number of hydrogen-bond acceptors (Lipinski definition) is 2. The zero-order valence-corrected chi connectivity index (χ0v) is 10.8. The first kappa shape index (κ1) is 12.3. The molecule has 0 saturated heterocycles. The monoisotopic (exact) mass is 235 g/mol. The predicted octanol–water partition coefficient (Wildman–Crippen LogP) is 2.23. The Bertz CT molecular complexity index is 343. The van der Waals surface area contributed by atoms with Gasteiger partial charge in [0.25, 0.3) is 11.8 Å². The Morgan fingerprint density at radius 2 is 1.59 bits per heavy atom. The van der Waals surface area contributed by atoms with E-state index >= 15 is 0 Å². The van der Waals surface area contributed by atoms with Crippen molar-refractivity contribution in [2.45, 2.75) is 33.6 Å². The highest BCUT2D eigenvalue weighted by atomic mass is 16.2. The number of carbonyl (C=O) groups excluding carboxylic acids is 2. The van der Waals surface area contributed by atoms with E-state index in [9.17, 15) is 9.59 Å². The summed E-state index contributed by atoms with van der Waals surface area (Å²) in [5.41, 5.74) is 0. The number of imide groups is 1. The maximum Gasteiger partial charge on any atom is 0.253 e. The van der Waals surface area contributed by atoms with Gasteiger partial charge in [-0.2, -0.15) is 0 Å². The van der Waals surface area contributed by atoms with Gasteiger partial charge in [-0.25, -0.2) is 0 Å². The van der Waals surface area contributed by atoms with E-state index in [1.165, 1.54) is 29.9 Å². The van der Waals surface area contributed by atoms with Crippen LogP contribution in [0.1, 0.15) is 33.6 Å². The molecular weight excluding hydrogens is 214 g/mol. The van der Waals surface area contributed by atoms with Crippen LogP contribution in [0.2, 0.25) is 0 Å². The molecule has 4 atom stereocenters. The fraction of sp³-hybridized carbons (Fsp3) is 0.714. The number of rotatable bonds is 2. The molecule has 0 aromatic rings. The Morgan fingerprint density at radius 3 is 2.18 bits per heavy atom. The predicted molar refractivity (Wildman–Crippen MR) is 66.1 cm³/mol. The summed E-state index contributed by atoms with van der Waals surface area (Å²) in [5, 5.41) is 0. The van der Waals surface area contributed by atoms with E-state index < -0.39 is 0 Å². The van der Waals surface area contributed by atoms with Crippen molar-refractivity contribution in [2.24, 2.45) is 23.7 Å². The Kier molecular flexibility index (Phi) is 3.36. The highest BCUT2D eigenvalue weighted by molar-refractivity contribution is 6.12. The minimum atomic E-state index is -0.146. The first-order valence-corrected chi connectivity index (χ1v) is 6.54. The molecule has 1 heterocycles. The maximum absolute atomic E-state index is 11.6. The van der Waals surface area contributed by atoms with E-state index in [1.807, 2.05) is 0 Å². The fourth-order valence-corrected chi connectivity index (χ4v) is 3.11. The minimum absolute atomic E-state index is 0.146. The van der Waals surface area contributed by atoms with Crippen LogP contribution in [-0.2, 0) is 9.59 Å². The van der Waals surface area contributed by atoms with E-state index in [0.717, 1.165) is 0 Å². The molecule has 2 rings (SSSR count). The zero-order valence-electron chi connectivity index (χ0n) is 10.8. The molecule has 2 amide bonds. The van der Waals surface area contributed by atoms with Gasteiger partial charge in [-0.1, -0.05) is 33.6 Å². The third-order valence-corrected chi connectivity index (χ3v) is 4.68. The third-order valence-electron chi connectivity index (χ3n) is 4.68. The Hall–Kier alpha value is -1.12. The molecule has 0 bridgehead atoms. The average Bonchev–Trinajstić information content (AvgIpc) is 2.60. The van der Waals surface area contributed by atoms with Crippen LogP contribution in [0.25, 0.3) is 0 Å². The topological polar surface area (TPSA) is 37.4 Å². The molecule has 1 saturated carbocycles. The van der Waals surface area contributed by atoms with Gasteiger partial charge in [-0.05, 0) is 23.7 Å². The summed E-state index contributed by atoms with van der Waals surface area (Å²) in [5.74, 6) is 2.03. The van der Waals surface area contributed by atoms with Gasteiger partial charge < -0.3 is 0 Å². The molecule has 3 heteroatoms. The highest BCUT2D eigenvalue weighted by Crippen LogP contribution is 2.38. The molecule has 1 aliphatic heterocycles. The van der Waals surface area contributed by atoms with Crippen molar-refractivity contribution in [3.05, 3.63) is 12.2 Å². The standard InChI is InChI=1S/C14H21NO2/c1-9-4-5-10(2)12(11(9)3)8-15-13(16)6-7-14(15)17/h6-7,9-12H,4-5,8H2,1-3H3. The highest BCUT2D eigenvalue weighted by Gasteiger charge is 2.36. The normalized spacial score (nSPS) is 37.9. The van der Waals surface area contributed by atoms with Gasteiger partial charge >= 0.3 is 0 Å². The van der Waals surface area contributed by atoms with Crippen LogP contribution in [-0.4, -0.2) is 23.3 Å². The summed E-state index contributed by atoms with van der Waals surface area (Å²) in [6.45, 7) is 7.36. The summed E-state index contributed by atoms with van der Waals surface area (Å²) in [4.78, 5) is 24.5. The summed E-state index contributed by atoms with van der Waals surface area (Å²) in [6, 6.07) is 0. The molecule has 3 nitrogen and oxygen atoms in total. The lowest BCUT2D eigenvalue weighted by Gasteiger charge is -2.40. The van der Waals surface area contributed by atoms with Gasteiger partial charge in [-0.15, -0.1) is 0 Å². The molecule has 4 unspecified atom stereocenters. The van der Waals surface area contributed by atoms with Crippen molar-refractivity contribution in [1.29, 1.82) is 0 Å². The van der Waals surface area contributed by atoms with Gasteiger partial charge in [0.1, 0.15) is 0 Å². The molecule has 17 heavy (non-hydrogen) atoms. The molecule has 0 spiro atoms. The SMILES string of the molecule is CC1CCC(C)C(CN2C(=O)C=CC2=O)C1C. The van der Waals surface area contributed by atoms with Crippen molar-refractivity contribution in [3.8, 4) is 0 Å². The van der Waals surface area contributed by atoms with Crippen LogP contribution in [0.15, 0.2) is 12.2 Å². The van der Waals surface area contributed by atoms with Gasteiger partial charge in [0.05, 0.1) is 0 Å². The molecule has 0 aromatic carbocycles. The van der Waals surface area contributed by atoms with Crippen molar-refractivity contribution in [1.82, 2.24) is 4.90 Å². The molecule has 0 radical (unpaired) electrons. The largest absolute Gasteiger partial charge is 0.275 e. The Labute approximate surface area is 103 Å². The van der Waals surface area contributed by atoms with Crippen LogP contribution in [0.4, 0.5) is 0 Å². The first-order valence-electron chi connectivity index (χ1n) is 6.54. The van der Waals surface area contributed by atoms with Crippen molar-refractivity contribution < 1.29 is 9.59 Å². The van der Waals surface area contributed by atoms with Gasteiger partial charge in [0.2, 0.25) is 0 Å². The molecule has 94 valence electrons. The van der Waals surface area contributed by atoms with E-state index in [0.29, 0.717) is 30.2 Å². The lowest BCUT2D eigenvalue weighted by Crippen LogP contribution is -2.42. The smallest absolute Gasteiger partial charge is 0.253 e. The lowest BCUT2D eigenvalue weighted by atomic mass is 9.68. The molecular formula is C14H21NO2. The quantitative estimate of drug-likeness (QED) is 0.688. The summed E-state index contributed by atoms with van der Waals surface area (Å²) in [6.07, 6.45) is 5.23. The maximum atomic E-state index is 11.6. The molecule has 1 aliphatic carbocycles. The van der Waals surface area contributed by atoms with Gasteiger partial charge in [0, 0.05) is 18.7 Å². The number of amides is 2. The summed E-state index contributed by atoms with van der Waals surface area (Å²) < 4.78 is 0. The second kappa shape index (κ2) is 4.63. The van der Waals surface area contributed by atoms with Crippen molar-refractivity contribution in [2.75, 3.05) is 6.54 Å². The van der Waals surface area contributed by atoms with Gasteiger partial charge in [-0.3, -0.25) is 14.5 Å². The number of hydrogen-bond donors (Lipinski definition) is 0. The second-order valence-corrected chi connectivity index (χ2v) is 5.68. The van der Waals surface area contributed by atoms with Crippen molar-refractivity contribution in [3.63, 3.8) is 0 Å². The molecule has 2 aliphatic rings. The molecule has 0 N–H and O–H groups in total. The number of nitrogens with zero attached hydrogens (tertiary/aromatic N) is 1. The third kappa shape index (κ3) is 2.28.